The third kappa shape index (κ3) is 1.03. The average molecular weight is 199 g/mol. The molecular formula is C10H9N5. The zero-order valence-electron chi connectivity index (χ0n) is 7.86. The monoisotopic (exact) mass is 199 g/mol. The first-order valence-electron chi connectivity index (χ1n) is 4.54. The number of aromatic nitrogens is 3. The van der Waals surface area contributed by atoms with Gasteiger partial charge in [-0.3, -0.25) is 4.98 Å². The Morgan fingerprint density at radius 1 is 1.13 bits per heavy atom. The maximum Gasteiger partial charge on any atom is 0.199 e. The molecule has 2 heterocycles. The Hall–Kier alpha value is -2.30. The Morgan fingerprint density at radius 2 is 2.00 bits per heavy atom. The number of nitrogen functional groups attached to an aromatic ring is 2. The van der Waals surface area contributed by atoms with E-state index in [1.807, 2.05) is 18.2 Å². The predicted molar refractivity (Wildman–Crippen MR) is 60.2 cm³/mol. The third-order valence-electron chi connectivity index (χ3n) is 2.44. The second kappa shape index (κ2) is 2.60. The van der Waals surface area contributed by atoms with Crippen molar-refractivity contribution >= 4 is 33.6 Å². The summed E-state index contributed by atoms with van der Waals surface area (Å²) in [5.74, 6) is 0.749. The first-order chi connectivity index (χ1) is 7.25. The minimum atomic E-state index is 0.318. The molecule has 0 spiro atoms. The maximum absolute atomic E-state index is 5.84. The summed E-state index contributed by atoms with van der Waals surface area (Å²) in [6.07, 6.45) is 1.75. The van der Waals surface area contributed by atoms with Gasteiger partial charge in [-0.2, -0.15) is 4.98 Å². The van der Waals surface area contributed by atoms with Crippen LogP contribution in [0.25, 0.3) is 21.8 Å². The fourth-order valence-corrected chi connectivity index (χ4v) is 1.81. The molecule has 0 aliphatic rings. The quantitative estimate of drug-likeness (QED) is 0.508. The number of nitrogens with zero attached hydrogens (tertiary/aromatic N) is 2. The van der Waals surface area contributed by atoms with Crippen LogP contribution in [0.2, 0.25) is 0 Å². The van der Waals surface area contributed by atoms with Crippen molar-refractivity contribution in [3.63, 3.8) is 0 Å². The lowest BCUT2D eigenvalue weighted by Gasteiger charge is -2.04. The van der Waals surface area contributed by atoms with Gasteiger partial charge < -0.3 is 16.5 Å². The van der Waals surface area contributed by atoms with Crippen molar-refractivity contribution in [1.29, 1.82) is 0 Å². The molecule has 2 aromatic heterocycles. The van der Waals surface area contributed by atoms with Gasteiger partial charge in [0.2, 0.25) is 0 Å². The summed E-state index contributed by atoms with van der Waals surface area (Å²) in [7, 11) is 0. The molecule has 0 saturated heterocycles. The van der Waals surface area contributed by atoms with Crippen LogP contribution in [0.3, 0.4) is 0 Å². The third-order valence-corrected chi connectivity index (χ3v) is 2.44. The molecule has 74 valence electrons. The molecule has 5 N–H and O–H groups in total. The molecule has 5 nitrogen and oxygen atoms in total. The molecule has 15 heavy (non-hydrogen) atoms. The van der Waals surface area contributed by atoms with Gasteiger partial charge in [0, 0.05) is 17.0 Å². The van der Waals surface area contributed by atoms with Crippen LogP contribution >= 0.6 is 0 Å². The van der Waals surface area contributed by atoms with E-state index >= 15 is 0 Å². The second-order valence-electron chi connectivity index (χ2n) is 3.37. The lowest BCUT2D eigenvalue weighted by Crippen LogP contribution is -2.00. The van der Waals surface area contributed by atoms with Crippen molar-refractivity contribution in [3.05, 3.63) is 24.4 Å². The molecule has 0 aliphatic heterocycles. The number of anilines is 2. The van der Waals surface area contributed by atoms with E-state index in [1.54, 1.807) is 6.20 Å². The zero-order chi connectivity index (χ0) is 10.4. The SMILES string of the molecule is Nc1nc(N)c2c(ccc3nccc32)[nH]1. The van der Waals surface area contributed by atoms with Crippen LogP contribution in [0.15, 0.2) is 24.4 Å². The molecule has 1 aromatic carbocycles. The minimum absolute atomic E-state index is 0.318. The number of rotatable bonds is 0. The highest BCUT2D eigenvalue weighted by atomic mass is 15.0. The molecule has 5 heteroatoms. The lowest BCUT2D eigenvalue weighted by atomic mass is 10.1. The van der Waals surface area contributed by atoms with Crippen LogP contribution in [-0.2, 0) is 0 Å². The van der Waals surface area contributed by atoms with Crippen LogP contribution in [0.1, 0.15) is 0 Å². The molecule has 3 rings (SSSR count). The van der Waals surface area contributed by atoms with Crippen LogP contribution in [0.4, 0.5) is 11.8 Å². The van der Waals surface area contributed by atoms with E-state index in [1.165, 1.54) is 0 Å². The number of H-pyrrole nitrogens is 1. The second-order valence-corrected chi connectivity index (χ2v) is 3.37. The summed E-state index contributed by atoms with van der Waals surface area (Å²) >= 11 is 0. The predicted octanol–water partition coefficient (Wildman–Crippen LogP) is 1.28. The molecule has 0 fully saturated rings. The molecule has 0 atom stereocenters. The fourth-order valence-electron chi connectivity index (χ4n) is 1.81. The number of nitrogens with two attached hydrogens (primary N) is 2. The van der Waals surface area contributed by atoms with E-state index in [0.717, 1.165) is 21.8 Å². The van der Waals surface area contributed by atoms with E-state index in [9.17, 15) is 0 Å². The van der Waals surface area contributed by atoms with Gasteiger partial charge in [-0.25, -0.2) is 0 Å². The van der Waals surface area contributed by atoms with Crippen molar-refractivity contribution in [2.75, 3.05) is 11.5 Å². The number of nitrogens with one attached hydrogen (secondary N) is 1. The normalized spacial score (nSPS) is 11.2. The summed E-state index contributed by atoms with van der Waals surface area (Å²) in [5.41, 5.74) is 13.2. The summed E-state index contributed by atoms with van der Waals surface area (Å²) in [6, 6.07) is 5.74. The molecule has 0 unspecified atom stereocenters. The van der Waals surface area contributed by atoms with Gasteiger partial charge in [0.05, 0.1) is 11.0 Å². The van der Waals surface area contributed by atoms with Gasteiger partial charge >= 0.3 is 0 Å². The highest BCUT2D eigenvalue weighted by Gasteiger charge is 2.07. The van der Waals surface area contributed by atoms with Crippen LogP contribution in [0, 0.1) is 0 Å². The smallest absolute Gasteiger partial charge is 0.199 e. The summed E-state index contributed by atoms with van der Waals surface area (Å²) < 4.78 is 0. The molecular weight excluding hydrogens is 190 g/mol. The number of benzene rings is 1. The van der Waals surface area contributed by atoms with Crippen LogP contribution in [-0.4, -0.2) is 15.0 Å². The van der Waals surface area contributed by atoms with Crippen LogP contribution < -0.4 is 11.5 Å². The van der Waals surface area contributed by atoms with Crippen molar-refractivity contribution < 1.29 is 0 Å². The first-order valence-corrected chi connectivity index (χ1v) is 4.54. The summed E-state index contributed by atoms with van der Waals surface area (Å²) in [5, 5.41) is 1.87. The Bertz CT molecular complexity index is 655. The number of hydrogen-bond donors (Lipinski definition) is 3. The van der Waals surface area contributed by atoms with Gasteiger partial charge in [-0.15, -0.1) is 0 Å². The van der Waals surface area contributed by atoms with Gasteiger partial charge in [0.25, 0.3) is 0 Å². The van der Waals surface area contributed by atoms with E-state index in [-0.39, 0.29) is 0 Å². The summed E-state index contributed by atoms with van der Waals surface area (Å²) in [4.78, 5) is 11.2. The van der Waals surface area contributed by atoms with E-state index in [4.69, 9.17) is 11.5 Å². The van der Waals surface area contributed by atoms with Crippen LogP contribution in [0.5, 0.6) is 0 Å². The zero-order valence-corrected chi connectivity index (χ0v) is 7.86. The number of hydrogen-bond acceptors (Lipinski definition) is 4. The number of fused-ring (bicyclic) bond motifs is 3. The largest absolute Gasteiger partial charge is 0.383 e. The Balaban J connectivity index is 2.62. The van der Waals surface area contributed by atoms with E-state index < -0.39 is 0 Å². The maximum atomic E-state index is 5.84. The van der Waals surface area contributed by atoms with Gasteiger partial charge in [0.15, 0.2) is 5.95 Å². The highest BCUT2D eigenvalue weighted by molar-refractivity contribution is 6.10. The van der Waals surface area contributed by atoms with Gasteiger partial charge in [-0.1, -0.05) is 0 Å². The Kier molecular flexibility index (Phi) is 1.39. The molecule has 3 aromatic rings. The van der Waals surface area contributed by atoms with Crippen molar-refractivity contribution in [3.8, 4) is 0 Å². The molecule has 0 bridgehead atoms. The van der Waals surface area contributed by atoms with Crippen molar-refractivity contribution in [2.24, 2.45) is 0 Å². The Labute approximate surface area is 85.1 Å². The van der Waals surface area contributed by atoms with E-state index in [2.05, 4.69) is 15.0 Å². The van der Waals surface area contributed by atoms with Gasteiger partial charge in [-0.05, 0) is 18.2 Å². The standard InChI is InChI=1S/C10H9N5/c11-9-8-5-3-4-13-6(5)1-2-7(8)14-10(12)15-9/h1-4H,11H2,(H3,12,14,15). The molecule has 0 saturated carbocycles. The molecule has 0 aliphatic carbocycles. The summed E-state index contributed by atoms with van der Waals surface area (Å²) in [6.45, 7) is 0. The topological polar surface area (TPSA) is 93.6 Å². The van der Waals surface area contributed by atoms with Crippen molar-refractivity contribution in [1.82, 2.24) is 15.0 Å². The Morgan fingerprint density at radius 3 is 2.87 bits per heavy atom. The molecule has 0 radical (unpaired) electrons. The lowest BCUT2D eigenvalue weighted by molar-refractivity contribution is 1.25. The van der Waals surface area contributed by atoms with Crippen molar-refractivity contribution in [2.45, 2.75) is 0 Å². The highest BCUT2D eigenvalue weighted by Crippen LogP contribution is 2.27. The number of aromatic amines is 1. The first kappa shape index (κ1) is 8.05. The molecule has 0 amide bonds. The van der Waals surface area contributed by atoms with Gasteiger partial charge in [0.1, 0.15) is 5.82 Å². The average Bonchev–Trinajstić information content (AvgIpc) is 2.63. The fraction of sp³-hybridized carbons (Fsp3) is 0. The van der Waals surface area contributed by atoms with E-state index in [0.29, 0.717) is 11.8 Å². The minimum Gasteiger partial charge on any atom is -0.383 e.